The van der Waals surface area contributed by atoms with Crippen molar-refractivity contribution in [3.63, 3.8) is 0 Å². The van der Waals surface area contributed by atoms with Gasteiger partial charge in [0.15, 0.2) is 22.4 Å². The Labute approximate surface area is 157 Å². The van der Waals surface area contributed by atoms with Crippen LogP contribution in [0.25, 0.3) is 0 Å². The highest BCUT2D eigenvalue weighted by molar-refractivity contribution is 7.92. The lowest BCUT2D eigenvalue weighted by molar-refractivity contribution is -0.153. The smallest absolute Gasteiger partial charge is 0.422 e. The topological polar surface area (TPSA) is 71.0 Å². The highest BCUT2D eigenvalue weighted by atomic mass is 32.2. The first-order valence-electron chi connectivity index (χ1n) is 8.40. The lowest BCUT2D eigenvalue weighted by Gasteiger charge is -2.39. The molecule has 0 spiro atoms. The van der Waals surface area contributed by atoms with Crippen molar-refractivity contribution >= 4 is 15.8 Å². The number of benzene rings is 1. The van der Waals surface area contributed by atoms with Crippen LogP contribution in [0.2, 0.25) is 0 Å². The Morgan fingerprint density at radius 1 is 1.33 bits per heavy atom. The van der Waals surface area contributed by atoms with E-state index >= 15 is 0 Å². The van der Waals surface area contributed by atoms with Crippen LogP contribution in [0, 0.1) is 0 Å². The van der Waals surface area contributed by atoms with Gasteiger partial charge in [-0.2, -0.15) is 13.2 Å². The maximum Gasteiger partial charge on any atom is 0.422 e. The Balaban J connectivity index is 2.05. The van der Waals surface area contributed by atoms with Crippen LogP contribution in [-0.2, 0) is 16.4 Å². The lowest BCUT2D eigenvalue weighted by atomic mass is 10.2. The Morgan fingerprint density at radius 3 is 2.59 bits per heavy atom. The van der Waals surface area contributed by atoms with E-state index < -0.39 is 27.4 Å². The molecule has 6 nitrogen and oxygen atoms in total. The number of rotatable bonds is 4. The van der Waals surface area contributed by atoms with E-state index in [-0.39, 0.29) is 24.6 Å². The fourth-order valence-corrected chi connectivity index (χ4v) is 4.15. The first kappa shape index (κ1) is 21.3. The number of aliphatic imine (C=N–C) groups is 1. The molecular formula is C17H24F3N3O3S. The molecule has 0 aromatic heterocycles. The Kier molecular flexibility index (Phi) is 6.28. The van der Waals surface area contributed by atoms with Gasteiger partial charge < -0.3 is 15.0 Å². The minimum absolute atomic E-state index is 0.0198. The van der Waals surface area contributed by atoms with Gasteiger partial charge in [0.05, 0.1) is 10.5 Å². The summed E-state index contributed by atoms with van der Waals surface area (Å²) in [6, 6.07) is 6.44. The zero-order chi connectivity index (χ0) is 20.3. The average Bonchev–Trinajstić information content (AvgIpc) is 2.57. The van der Waals surface area contributed by atoms with Gasteiger partial charge in [-0.1, -0.05) is 18.2 Å². The largest absolute Gasteiger partial charge is 0.484 e. The van der Waals surface area contributed by atoms with Crippen LogP contribution in [0.3, 0.4) is 0 Å². The third kappa shape index (κ3) is 5.50. The number of halogens is 3. The van der Waals surface area contributed by atoms with Crippen molar-refractivity contribution in [2.24, 2.45) is 4.99 Å². The molecule has 0 atom stereocenters. The van der Waals surface area contributed by atoms with E-state index in [0.717, 1.165) is 0 Å². The number of hydrogen-bond acceptors (Lipinski definition) is 4. The van der Waals surface area contributed by atoms with E-state index in [0.29, 0.717) is 18.1 Å². The van der Waals surface area contributed by atoms with Gasteiger partial charge in [-0.25, -0.2) is 8.42 Å². The summed E-state index contributed by atoms with van der Waals surface area (Å²) in [7, 11) is -1.61. The van der Waals surface area contributed by atoms with Crippen molar-refractivity contribution in [3.8, 4) is 5.75 Å². The molecule has 1 aliphatic heterocycles. The molecule has 1 aromatic carbocycles. The number of guanidine groups is 1. The minimum Gasteiger partial charge on any atom is -0.484 e. The first-order valence-corrected chi connectivity index (χ1v) is 10.1. The molecule has 27 heavy (non-hydrogen) atoms. The molecule has 1 fully saturated rings. The lowest BCUT2D eigenvalue weighted by Crippen LogP contribution is -2.57. The summed E-state index contributed by atoms with van der Waals surface area (Å²) in [5.41, 5.74) is 0.548. The molecule has 0 bridgehead atoms. The molecule has 1 aliphatic rings. The maximum absolute atomic E-state index is 12.4. The van der Waals surface area contributed by atoms with E-state index in [1.807, 2.05) is 4.90 Å². The van der Waals surface area contributed by atoms with Gasteiger partial charge in [0.1, 0.15) is 5.75 Å². The molecular weight excluding hydrogens is 383 g/mol. The van der Waals surface area contributed by atoms with Crippen molar-refractivity contribution in [2.45, 2.75) is 31.3 Å². The van der Waals surface area contributed by atoms with E-state index in [4.69, 9.17) is 4.74 Å². The molecule has 0 saturated carbocycles. The van der Waals surface area contributed by atoms with E-state index in [2.05, 4.69) is 10.3 Å². The number of nitrogens with one attached hydrogen (secondary N) is 1. The van der Waals surface area contributed by atoms with Crippen molar-refractivity contribution in [1.29, 1.82) is 0 Å². The van der Waals surface area contributed by atoms with Gasteiger partial charge in [0.2, 0.25) is 0 Å². The molecule has 0 amide bonds. The second-order valence-corrected chi connectivity index (χ2v) is 9.66. The fraction of sp³-hybridized carbons (Fsp3) is 0.588. The normalized spacial score (nSPS) is 19.6. The van der Waals surface area contributed by atoms with Gasteiger partial charge in [-0.05, 0) is 19.9 Å². The summed E-state index contributed by atoms with van der Waals surface area (Å²) >= 11 is 0. The number of alkyl halides is 3. The van der Waals surface area contributed by atoms with Crippen LogP contribution >= 0.6 is 0 Å². The summed E-state index contributed by atoms with van der Waals surface area (Å²) < 4.78 is 65.5. The third-order valence-electron chi connectivity index (χ3n) is 4.36. The Bertz CT molecular complexity index is 792. The van der Waals surface area contributed by atoms with Gasteiger partial charge >= 0.3 is 6.18 Å². The number of ether oxygens (including phenoxy) is 1. The van der Waals surface area contributed by atoms with Crippen molar-refractivity contribution < 1.29 is 26.3 Å². The number of hydrogen-bond donors (Lipinski definition) is 1. The van der Waals surface area contributed by atoms with Crippen LogP contribution in [0.4, 0.5) is 13.2 Å². The zero-order valence-electron chi connectivity index (χ0n) is 15.5. The number of sulfone groups is 1. The first-order chi connectivity index (χ1) is 12.5. The van der Waals surface area contributed by atoms with Crippen LogP contribution in [-0.4, -0.2) is 62.7 Å². The van der Waals surface area contributed by atoms with Crippen molar-refractivity contribution in [1.82, 2.24) is 10.2 Å². The van der Waals surface area contributed by atoms with Gasteiger partial charge in [0, 0.05) is 32.2 Å². The standard InChI is InChI=1S/C17H24F3N3O3S/c1-16(2)11-23(8-9-27(16,24)25)15(21-3)22-10-13-6-4-5-7-14(13)26-12-17(18,19)20/h4-7H,8-12H2,1-3H3,(H,21,22). The minimum atomic E-state index is -4.42. The molecule has 1 saturated heterocycles. The maximum atomic E-state index is 12.4. The van der Waals surface area contributed by atoms with Crippen molar-refractivity contribution in [2.75, 3.05) is 32.5 Å². The fourth-order valence-electron chi connectivity index (χ4n) is 2.78. The molecule has 1 aromatic rings. The zero-order valence-corrected chi connectivity index (χ0v) is 16.3. The van der Waals surface area contributed by atoms with Crippen LogP contribution < -0.4 is 10.1 Å². The molecule has 152 valence electrons. The third-order valence-corrected chi connectivity index (χ3v) is 6.89. The van der Waals surface area contributed by atoms with Gasteiger partial charge in [-0.15, -0.1) is 0 Å². The Morgan fingerprint density at radius 2 is 2.00 bits per heavy atom. The Hall–Kier alpha value is -1.97. The van der Waals surface area contributed by atoms with Crippen LogP contribution in [0.1, 0.15) is 19.4 Å². The highest BCUT2D eigenvalue weighted by Crippen LogP contribution is 2.25. The second kappa shape index (κ2) is 7.95. The molecule has 0 aliphatic carbocycles. The highest BCUT2D eigenvalue weighted by Gasteiger charge is 2.41. The predicted molar refractivity (Wildman–Crippen MR) is 97.6 cm³/mol. The molecule has 10 heteroatoms. The summed E-state index contributed by atoms with van der Waals surface area (Å²) in [5, 5.41) is 3.08. The molecule has 2 rings (SSSR count). The van der Waals surface area contributed by atoms with Crippen LogP contribution in [0.15, 0.2) is 29.3 Å². The number of para-hydroxylation sites is 1. The van der Waals surface area contributed by atoms with E-state index in [1.165, 1.54) is 6.07 Å². The van der Waals surface area contributed by atoms with E-state index in [9.17, 15) is 21.6 Å². The average molecular weight is 407 g/mol. The van der Waals surface area contributed by atoms with Crippen molar-refractivity contribution in [3.05, 3.63) is 29.8 Å². The molecule has 0 unspecified atom stereocenters. The van der Waals surface area contributed by atoms with Gasteiger partial charge in [0.25, 0.3) is 0 Å². The SMILES string of the molecule is CN=C(NCc1ccccc1OCC(F)(F)F)N1CCS(=O)(=O)C(C)(C)C1. The predicted octanol–water partition coefficient (Wildman–Crippen LogP) is 2.21. The summed E-state index contributed by atoms with van der Waals surface area (Å²) in [5.74, 6) is 0.648. The second-order valence-electron chi connectivity index (χ2n) is 6.91. The van der Waals surface area contributed by atoms with E-state index in [1.54, 1.807) is 39.1 Å². The molecule has 0 radical (unpaired) electrons. The number of nitrogens with zero attached hydrogens (tertiary/aromatic N) is 2. The summed E-state index contributed by atoms with van der Waals surface area (Å²) in [6.45, 7) is 2.75. The summed E-state index contributed by atoms with van der Waals surface area (Å²) in [4.78, 5) is 6.00. The molecule has 1 heterocycles. The molecule has 1 N–H and O–H groups in total. The van der Waals surface area contributed by atoms with Gasteiger partial charge in [-0.3, -0.25) is 4.99 Å². The van der Waals surface area contributed by atoms with Crippen LogP contribution in [0.5, 0.6) is 5.75 Å². The monoisotopic (exact) mass is 407 g/mol. The quantitative estimate of drug-likeness (QED) is 0.612. The summed E-state index contributed by atoms with van der Waals surface area (Å²) in [6.07, 6.45) is -4.42.